The highest BCUT2D eigenvalue weighted by molar-refractivity contribution is 4.81. The van der Waals surface area contributed by atoms with Gasteiger partial charge in [-0.05, 0) is 47.2 Å². The average Bonchev–Trinajstić information content (AvgIpc) is 2.28. The largest absolute Gasteiger partial charge is 0.377 e. The molecule has 0 amide bonds. The van der Waals surface area contributed by atoms with Gasteiger partial charge in [0, 0.05) is 18.6 Å². The summed E-state index contributed by atoms with van der Waals surface area (Å²) in [6.45, 7) is 6.10. The van der Waals surface area contributed by atoms with Crippen LogP contribution in [-0.4, -0.2) is 50.3 Å². The molecule has 0 aromatic rings. The quantitative estimate of drug-likeness (QED) is 0.751. The van der Waals surface area contributed by atoms with E-state index in [2.05, 4.69) is 38.2 Å². The Morgan fingerprint density at radius 1 is 1.38 bits per heavy atom. The van der Waals surface area contributed by atoms with E-state index in [0.717, 1.165) is 19.2 Å². The van der Waals surface area contributed by atoms with E-state index in [1.807, 2.05) is 0 Å². The zero-order valence-corrected chi connectivity index (χ0v) is 11.3. The van der Waals surface area contributed by atoms with Crippen molar-refractivity contribution in [3.63, 3.8) is 0 Å². The first-order chi connectivity index (χ1) is 7.63. The van der Waals surface area contributed by atoms with Crippen molar-refractivity contribution in [2.45, 2.75) is 57.7 Å². The predicted octanol–water partition coefficient (Wildman–Crippen LogP) is 1.87. The number of hydrogen-bond donors (Lipinski definition) is 1. The molecule has 0 saturated heterocycles. The highest BCUT2D eigenvalue weighted by Gasteiger charge is 2.23. The van der Waals surface area contributed by atoms with Crippen molar-refractivity contribution in [3.8, 4) is 0 Å². The maximum atomic E-state index is 5.60. The van der Waals surface area contributed by atoms with Gasteiger partial charge < -0.3 is 15.0 Å². The molecule has 0 heterocycles. The average molecular weight is 228 g/mol. The van der Waals surface area contributed by atoms with Crippen molar-refractivity contribution in [3.05, 3.63) is 0 Å². The third kappa shape index (κ3) is 4.81. The molecule has 1 saturated carbocycles. The Balaban J connectivity index is 2.21. The predicted molar refractivity (Wildman–Crippen MR) is 68.8 cm³/mol. The van der Waals surface area contributed by atoms with Gasteiger partial charge in [0.2, 0.25) is 0 Å². The Kier molecular flexibility index (Phi) is 6.32. The van der Waals surface area contributed by atoms with Crippen LogP contribution in [0.25, 0.3) is 0 Å². The number of ether oxygens (including phenoxy) is 1. The van der Waals surface area contributed by atoms with E-state index in [0.29, 0.717) is 12.1 Å². The van der Waals surface area contributed by atoms with Crippen LogP contribution in [0.1, 0.15) is 39.5 Å². The van der Waals surface area contributed by atoms with Gasteiger partial charge in [-0.1, -0.05) is 6.42 Å². The van der Waals surface area contributed by atoms with Crippen molar-refractivity contribution in [1.82, 2.24) is 10.2 Å². The Morgan fingerprint density at radius 2 is 2.12 bits per heavy atom. The van der Waals surface area contributed by atoms with Crippen molar-refractivity contribution in [1.29, 1.82) is 0 Å². The Hall–Kier alpha value is -0.120. The molecule has 2 atom stereocenters. The van der Waals surface area contributed by atoms with Gasteiger partial charge >= 0.3 is 0 Å². The van der Waals surface area contributed by atoms with E-state index in [4.69, 9.17) is 4.74 Å². The molecule has 1 aliphatic rings. The van der Waals surface area contributed by atoms with E-state index in [9.17, 15) is 0 Å². The highest BCUT2D eigenvalue weighted by Crippen LogP contribution is 2.21. The summed E-state index contributed by atoms with van der Waals surface area (Å²) in [5, 5.41) is 3.41. The SMILES string of the molecule is CNC1CCCC(N(C)CCOC(C)C)C1. The first-order valence-electron chi connectivity index (χ1n) is 6.62. The molecule has 2 unspecified atom stereocenters. The van der Waals surface area contributed by atoms with Gasteiger partial charge in [-0.3, -0.25) is 0 Å². The van der Waals surface area contributed by atoms with Gasteiger partial charge in [-0.15, -0.1) is 0 Å². The normalized spacial score (nSPS) is 26.6. The summed E-state index contributed by atoms with van der Waals surface area (Å²) in [6, 6.07) is 1.45. The molecule has 3 nitrogen and oxygen atoms in total. The number of hydrogen-bond acceptors (Lipinski definition) is 3. The second-order valence-electron chi connectivity index (χ2n) is 5.21. The molecule has 16 heavy (non-hydrogen) atoms. The summed E-state index contributed by atoms with van der Waals surface area (Å²) in [4.78, 5) is 2.46. The molecular weight excluding hydrogens is 200 g/mol. The second-order valence-corrected chi connectivity index (χ2v) is 5.21. The van der Waals surface area contributed by atoms with Crippen LogP contribution < -0.4 is 5.32 Å². The molecule has 0 spiro atoms. The second kappa shape index (κ2) is 7.25. The van der Waals surface area contributed by atoms with Gasteiger partial charge in [0.1, 0.15) is 0 Å². The van der Waals surface area contributed by atoms with E-state index < -0.39 is 0 Å². The summed E-state index contributed by atoms with van der Waals surface area (Å²) in [6.07, 6.45) is 5.67. The van der Waals surface area contributed by atoms with Gasteiger partial charge in [0.15, 0.2) is 0 Å². The number of rotatable bonds is 6. The topological polar surface area (TPSA) is 24.5 Å². The van der Waals surface area contributed by atoms with Crippen LogP contribution in [0.5, 0.6) is 0 Å². The lowest BCUT2D eigenvalue weighted by Gasteiger charge is -2.35. The summed E-state index contributed by atoms with van der Waals surface area (Å²) in [5.74, 6) is 0. The van der Waals surface area contributed by atoms with E-state index in [1.54, 1.807) is 0 Å². The van der Waals surface area contributed by atoms with Gasteiger partial charge in [-0.25, -0.2) is 0 Å². The number of likely N-dealkylation sites (N-methyl/N-ethyl adjacent to an activating group) is 1. The Labute approximate surface area is 101 Å². The van der Waals surface area contributed by atoms with Crippen molar-refractivity contribution < 1.29 is 4.74 Å². The smallest absolute Gasteiger partial charge is 0.0596 e. The minimum Gasteiger partial charge on any atom is -0.377 e. The van der Waals surface area contributed by atoms with E-state index in [-0.39, 0.29) is 0 Å². The Morgan fingerprint density at radius 3 is 2.75 bits per heavy atom. The maximum absolute atomic E-state index is 5.60. The summed E-state index contributed by atoms with van der Waals surface area (Å²) >= 11 is 0. The molecule has 0 aromatic heterocycles. The molecule has 1 rings (SSSR count). The zero-order chi connectivity index (χ0) is 12.0. The third-order valence-corrected chi connectivity index (χ3v) is 3.57. The van der Waals surface area contributed by atoms with Gasteiger partial charge in [0.05, 0.1) is 12.7 Å². The van der Waals surface area contributed by atoms with Crippen LogP contribution in [0.2, 0.25) is 0 Å². The minimum atomic E-state index is 0.352. The minimum absolute atomic E-state index is 0.352. The molecule has 3 heteroatoms. The molecule has 0 bridgehead atoms. The van der Waals surface area contributed by atoms with Crippen LogP contribution in [0, 0.1) is 0 Å². The van der Waals surface area contributed by atoms with E-state index in [1.165, 1.54) is 25.7 Å². The maximum Gasteiger partial charge on any atom is 0.0596 e. The van der Waals surface area contributed by atoms with Crippen LogP contribution in [0.3, 0.4) is 0 Å². The van der Waals surface area contributed by atoms with Crippen LogP contribution in [0.4, 0.5) is 0 Å². The monoisotopic (exact) mass is 228 g/mol. The lowest BCUT2D eigenvalue weighted by Crippen LogP contribution is -2.43. The summed E-state index contributed by atoms with van der Waals surface area (Å²) < 4.78 is 5.60. The Bertz CT molecular complexity index is 185. The van der Waals surface area contributed by atoms with Gasteiger partial charge in [-0.2, -0.15) is 0 Å². The lowest BCUT2D eigenvalue weighted by molar-refractivity contribution is 0.0497. The molecular formula is C13H28N2O. The first-order valence-corrected chi connectivity index (χ1v) is 6.62. The molecule has 1 aliphatic carbocycles. The van der Waals surface area contributed by atoms with Crippen LogP contribution in [0.15, 0.2) is 0 Å². The molecule has 96 valence electrons. The van der Waals surface area contributed by atoms with Crippen LogP contribution >= 0.6 is 0 Å². The molecule has 0 aliphatic heterocycles. The fourth-order valence-corrected chi connectivity index (χ4v) is 2.44. The fourth-order valence-electron chi connectivity index (χ4n) is 2.44. The van der Waals surface area contributed by atoms with Crippen LogP contribution in [-0.2, 0) is 4.74 Å². The first kappa shape index (κ1) is 13.9. The van der Waals surface area contributed by atoms with Crippen molar-refractivity contribution in [2.75, 3.05) is 27.2 Å². The fraction of sp³-hybridized carbons (Fsp3) is 1.00. The molecule has 1 N–H and O–H groups in total. The molecule has 1 fully saturated rings. The van der Waals surface area contributed by atoms with E-state index >= 15 is 0 Å². The summed E-state index contributed by atoms with van der Waals surface area (Å²) in [5.41, 5.74) is 0. The van der Waals surface area contributed by atoms with Gasteiger partial charge in [0.25, 0.3) is 0 Å². The molecule has 0 aromatic carbocycles. The number of nitrogens with zero attached hydrogens (tertiary/aromatic N) is 1. The van der Waals surface area contributed by atoms with Crippen molar-refractivity contribution >= 4 is 0 Å². The summed E-state index contributed by atoms with van der Waals surface area (Å²) in [7, 11) is 4.31. The highest BCUT2D eigenvalue weighted by atomic mass is 16.5. The standard InChI is InChI=1S/C13H28N2O/c1-11(2)16-9-8-15(4)13-7-5-6-12(10-13)14-3/h11-14H,5-10H2,1-4H3. The molecule has 0 radical (unpaired) electrons. The zero-order valence-electron chi connectivity index (χ0n) is 11.3. The third-order valence-electron chi connectivity index (χ3n) is 3.57. The number of nitrogens with one attached hydrogen (secondary N) is 1. The van der Waals surface area contributed by atoms with Crippen molar-refractivity contribution in [2.24, 2.45) is 0 Å². The lowest BCUT2D eigenvalue weighted by atomic mass is 9.90.